The van der Waals surface area contributed by atoms with Gasteiger partial charge >= 0.3 is 0 Å². The maximum absolute atomic E-state index is 13.5. The quantitative estimate of drug-likeness (QED) is 0.895. The Kier molecular flexibility index (Phi) is 5.22. The Morgan fingerprint density at radius 2 is 1.89 bits per heavy atom. The van der Waals surface area contributed by atoms with Gasteiger partial charge in [-0.2, -0.15) is 0 Å². The minimum Gasteiger partial charge on any atom is -0.350 e. The number of carbonyl (C=O) groups excluding carboxylic acids is 1. The lowest BCUT2D eigenvalue weighted by Gasteiger charge is -2.16. The van der Waals surface area contributed by atoms with Gasteiger partial charge in [-0.05, 0) is 18.1 Å². The predicted molar refractivity (Wildman–Crippen MR) is 69.2 cm³/mol. The van der Waals surface area contributed by atoms with E-state index in [9.17, 15) is 13.6 Å². The Labute approximate surface area is 113 Å². The fourth-order valence-corrected chi connectivity index (χ4v) is 1.70. The first-order chi connectivity index (χ1) is 8.32. The molecule has 0 radical (unpaired) electrons. The van der Waals surface area contributed by atoms with Gasteiger partial charge in [0.1, 0.15) is 17.2 Å². The van der Waals surface area contributed by atoms with Gasteiger partial charge in [-0.25, -0.2) is 8.78 Å². The van der Waals surface area contributed by atoms with Crippen molar-refractivity contribution < 1.29 is 13.6 Å². The zero-order valence-corrected chi connectivity index (χ0v) is 11.7. The average molecular weight is 321 g/mol. The average Bonchev–Trinajstić information content (AvgIpc) is 2.24. The lowest BCUT2D eigenvalue weighted by Crippen LogP contribution is -2.40. The third kappa shape index (κ3) is 3.74. The number of rotatable bonds is 4. The van der Waals surface area contributed by atoms with E-state index in [1.165, 1.54) is 0 Å². The third-order valence-electron chi connectivity index (χ3n) is 2.59. The number of hydrogen-bond acceptors (Lipinski definition) is 2. The van der Waals surface area contributed by atoms with Crippen LogP contribution >= 0.6 is 15.9 Å². The Morgan fingerprint density at radius 3 is 2.33 bits per heavy atom. The van der Waals surface area contributed by atoms with Crippen LogP contribution in [0.3, 0.4) is 0 Å². The molecule has 1 unspecified atom stereocenters. The van der Waals surface area contributed by atoms with Crippen LogP contribution in [0.2, 0.25) is 0 Å². The Bertz CT molecular complexity index is 429. The van der Waals surface area contributed by atoms with Crippen LogP contribution in [0.25, 0.3) is 0 Å². The summed E-state index contributed by atoms with van der Waals surface area (Å²) in [5, 5.41) is 2.42. The third-order valence-corrected chi connectivity index (χ3v) is 3.05. The van der Waals surface area contributed by atoms with Crippen molar-refractivity contribution in [3.05, 3.63) is 33.8 Å². The van der Waals surface area contributed by atoms with E-state index in [-0.39, 0.29) is 23.0 Å². The summed E-state index contributed by atoms with van der Waals surface area (Å²) in [6.07, 6.45) is 0. The maximum Gasteiger partial charge on any atom is 0.257 e. The minimum absolute atomic E-state index is 0.171. The summed E-state index contributed by atoms with van der Waals surface area (Å²) in [5.41, 5.74) is 5.14. The number of benzene rings is 1. The van der Waals surface area contributed by atoms with Gasteiger partial charge in [0, 0.05) is 17.1 Å². The van der Waals surface area contributed by atoms with Gasteiger partial charge in [-0.15, -0.1) is 0 Å². The molecule has 0 aliphatic rings. The van der Waals surface area contributed by atoms with Gasteiger partial charge < -0.3 is 11.1 Å². The first kappa shape index (κ1) is 15.0. The van der Waals surface area contributed by atoms with Crippen LogP contribution in [0.5, 0.6) is 0 Å². The molecule has 0 saturated heterocycles. The minimum atomic E-state index is -0.905. The Hall–Kier alpha value is -1.01. The molecule has 0 aliphatic heterocycles. The molecule has 1 rings (SSSR count). The summed E-state index contributed by atoms with van der Waals surface area (Å²) in [7, 11) is 0. The highest BCUT2D eigenvalue weighted by Gasteiger charge is 2.19. The van der Waals surface area contributed by atoms with Crippen molar-refractivity contribution in [2.75, 3.05) is 6.54 Å². The number of nitrogens with one attached hydrogen (secondary N) is 1. The standard InChI is InChI=1S/C12H15BrF2N2O/c1-6(2)10(16)5-17-12(18)11-8(14)3-7(13)4-9(11)15/h3-4,6,10H,5,16H2,1-2H3,(H,17,18). The van der Waals surface area contributed by atoms with Gasteiger partial charge in [0.05, 0.1) is 0 Å². The highest BCUT2D eigenvalue weighted by Crippen LogP contribution is 2.19. The molecule has 100 valence electrons. The Balaban J connectivity index is 2.79. The van der Waals surface area contributed by atoms with E-state index in [1.54, 1.807) is 0 Å². The fourth-order valence-electron chi connectivity index (χ4n) is 1.29. The molecule has 3 N–H and O–H groups in total. The summed E-state index contributed by atoms with van der Waals surface area (Å²) in [5.74, 6) is -2.44. The molecular formula is C12H15BrF2N2O. The normalized spacial score (nSPS) is 12.6. The van der Waals surface area contributed by atoms with Crippen LogP contribution < -0.4 is 11.1 Å². The second kappa shape index (κ2) is 6.24. The number of carbonyl (C=O) groups is 1. The van der Waals surface area contributed by atoms with E-state index in [1.807, 2.05) is 13.8 Å². The maximum atomic E-state index is 13.5. The van der Waals surface area contributed by atoms with Crippen molar-refractivity contribution in [3.63, 3.8) is 0 Å². The van der Waals surface area contributed by atoms with Crippen LogP contribution in [-0.4, -0.2) is 18.5 Å². The molecule has 0 aliphatic carbocycles. The molecule has 1 aromatic carbocycles. The van der Waals surface area contributed by atoms with Crippen LogP contribution in [0, 0.1) is 17.6 Å². The van der Waals surface area contributed by atoms with E-state index in [4.69, 9.17) is 5.73 Å². The van der Waals surface area contributed by atoms with Gasteiger partial charge in [-0.1, -0.05) is 29.8 Å². The highest BCUT2D eigenvalue weighted by atomic mass is 79.9. The first-order valence-electron chi connectivity index (χ1n) is 5.51. The van der Waals surface area contributed by atoms with Crippen LogP contribution in [0.15, 0.2) is 16.6 Å². The SMILES string of the molecule is CC(C)C(N)CNC(=O)c1c(F)cc(Br)cc1F. The number of nitrogens with two attached hydrogens (primary N) is 1. The summed E-state index contributed by atoms with van der Waals surface area (Å²) in [6.45, 7) is 3.97. The van der Waals surface area contributed by atoms with Crippen LogP contribution in [0.1, 0.15) is 24.2 Å². The predicted octanol–water partition coefficient (Wildman–Crippen LogP) is 2.44. The van der Waals surface area contributed by atoms with E-state index < -0.39 is 23.1 Å². The van der Waals surface area contributed by atoms with E-state index in [2.05, 4.69) is 21.2 Å². The monoisotopic (exact) mass is 320 g/mol. The van der Waals surface area contributed by atoms with Gasteiger partial charge in [0.2, 0.25) is 0 Å². The highest BCUT2D eigenvalue weighted by molar-refractivity contribution is 9.10. The molecule has 6 heteroatoms. The number of halogens is 3. The van der Waals surface area contributed by atoms with Crippen molar-refractivity contribution in [2.24, 2.45) is 11.7 Å². The van der Waals surface area contributed by atoms with Crippen LogP contribution in [0.4, 0.5) is 8.78 Å². The van der Waals surface area contributed by atoms with Crippen molar-refractivity contribution in [1.82, 2.24) is 5.32 Å². The molecule has 0 aromatic heterocycles. The Morgan fingerprint density at radius 1 is 1.39 bits per heavy atom. The van der Waals surface area contributed by atoms with E-state index in [0.717, 1.165) is 12.1 Å². The van der Waals surface area contributed by atoms with Gasteiger partial charge in [-0.3, -0.25) is 4.79 Å². The number of hydrogen-bond donors (Lipinski definition) is 2. The second-order valence-electron chi connectivity index (χ2n) is 4.36. The van der Waals surface area contributed by atoms with Gasteiger partial charge in [0.15, 0.2) is 0 Å². The van der Waals surface area contributed by atoms with Crippen LogP contribution in [-0.2, 0) is 0 Å². The molecule has 18 heavy (non-hydrogen) atoms. The summed E-state index contributed by atoms with van der Waals surface area (Å²) >= 11 is 2.95. The lowest BCUT2D eigenvalue weighted by atomic mass is 10.1. The molecule has 3 nitrogen and oxygen atoms in total. The van der Waals surface area contributed by atoms with Crippen molar-refractivity contribution in [1.29, 1.82) is 0 Å². The number of amides is 1. The largest absolute Gasteiger partial charge is 0.350 e. The molecule has 0 fully saturated rings. The van der Waals surface area contributed by atoms with Crippen molar-refractivity contribution in [2.45, 2.75) is 19.9 Å². The lowest BCUT2D eigenvalue weighted by molar-refractivity contribution is 0.0940. The van der Waals surface area contributed by atoms with E-state index >= 15 is 0 Å². The fraction of sp³-hybridized carbons (Fsp3) is 0.417. The first-order valence-corrected chi connectivity index (χ1v) is 6.30. The van der Waals surface area contributed by atoms with E-state index in [0.29, 0.717) is 0 Å². The molecule has 1 aromatic rings. The topological polar surface area (TPSA) is 55.1 Å². The summed E-state index contributed by atoms with van der Waals surface area (Å²) in [4.78, 5) is 11.7. The smallest absolute Gasteiger partial charge is 0.257 e. The molecule has 1 amide bonds. The molecule has 1 atom stereocenters. The molecule has 0 saturated carbocycles. The zero-order chi connectivity index (χ0) is 13.9. The summed E-state index contributed by atoms with van der Waals surface area (Å²) in [6, 6.07) is 1.83. The molecule has 0 bridgehead atoms. The zero-order valence-electron chi connectivity index (χ0n) is 10.1. The van der Waals surface area contributed by atoms with Crippen molar-refractivity contribution >= 4 is 21.8 Å². The molecule has 0 spiro atoms. The molecule has 0 heterocycles. The van der Waals surface area contributed by atoms with Crippen molar-refractivity contribution in [3.8, 4) is 0 Å². The molecular weight excluding hydrogens is 306 g/mol. The van der Waals surface area contributed by atoms with Gasteiger partial charge in [0.25, 0.3) is 5.91 Å². The second-order valence-corrected chi connectivity index (χ2v) is 5.28. The summed E-state index contributed by atoms with van der Waals surface area (Å²) < 4.78 is 27.2.